The molecule has 0 fully saturated rings. The van der Waals surface area contributed by atoms with Crippen molar-refractivity contribution in [1.29, 1.82) is 0 Å². The molecule has 9 nitrogen and oxygen atoms in total. The van der Waals surface area contributed by atoms with E-state index in [-0.39, 0.29) is 12.0 Å². The first-order valence-corrected chi connectivity index (χ1v) is 7.60. The lowest BCUT2D eigenvalue weighted by Crippen LogP contribution is -2.61. The Morgan fingerprint density at radius 3 is 2.19 bits per heavy atom. The van der Waals surface area contributed by atoms with Crippen molar-refractivity contribution in [3.63, 3.8) is 0 Å². The largest absolute Gasteiger partial charge is 0.439 e. The van der Waals surface area contributed by atoms with Crippen molar-refractivity contribution in [3.8, 4) is 0 Å². The van der Waals surface area contributed by atoms with E-state index in [0.29, 0.717) is 5.56 Å². The van der Waals surface area contributed by atoms with E-state index in [1.165, 1.54) is 0 Å². The molecule has 1 aromatic carbocycles. The number of esters is 3. The highest BCUT2D eigenvalue weighted by atomic mass is 16.9. The molecule has 1 aromatic rings. The first kappa shape index (κ1) is 16.0. The zero-order chi connectivity index (χ0) is 18.3. The van der Waals surface area contributed by atoms with Crippen LogP contribution in [0.1, 0.15) is 11.1 Å². The summed E-state index contributed by atoms with van der Waals surface area (Å²) in [7, 11) is 0. The third-order valence-corrected chi connectivity index (χ3v) is 3.93. The number of hydrogen-bond acceptors (Lipinski definition) is 9. The van der Waals surface area contributed by atoms with E-state index in [4.69, 9.17) is 19.0 Å². The van der Waals surface area contributed by atoms with Crippen molar-refractivity contribution in [2.45, 2.75) is 18.6 Å². The van der Waals surface area contributed by atoms with Crippen LogP contribution in [0.5, 0.6) is 0 Å². The van der Waals surface area contributed by atoms with E-state index in [9.17, 15) is 19.2 Å². The maximum Gasteiger partial charge on any atom is 0.384 e. The predicted octanol–water partition coefficient (Wildman–Crippen LogP) is 0.208. The van der Waals surface area contributed by atoms with Crippen LogP contribution in [-0.4, -0.2) is 35.2 Å². The molecule has 0 saturated heterocycles. The molecule has 0 saturated carbocycles. The highest BCUT2D eigenvalue weighted by Crippen LogP contribution is 2.42. The summed E-state index contributed by atoms with van der Waals surface area (Å²) < 4.78 is 16.0. The fourth-order valence-corrected chi connectivity index (χ4v) is 2.93. The minimum absolute atomic E-state index is 0.118. The minimum Gasteiger partial charge on any atom is -0.439 e. The molecule has 0 radical (unpaired) electrons. The molecule has 9 heteroatoms. The van der Waals surface area contributed by atoms with Crippen molar-refractivity contribution in [2.75, 3.05) is 0 Å². The molecule has 1 unspecified atom stereocenters. The first-order valence-electron chi connectivity index (χ1n) is 7.60. The predicted molar refractivity (Wildman–Crippen MR) is 80.1 cm³/mol. The summed E-state index contributed by atoms with van der Waals surface area (Å²) in [5.41, 5.74) is 0.861. The van der Waals surface area contributed by atoms with Gasteiger partial charge in [0.1, 0.15) is 0 Å². The SMILES string of the molecule is O=C1C=CC(=O)OC2(O1)c1ccccc1CC1OC(=O)/C=C\C(=O)ON12. The molecule has 0 bridgehead atoms. The molecule has 132 valence electrons. The Morgan fingerprint density at radius 1 is 0.846 bits per heavy atom. The molecule has 0 N–H and O–H groups in total. The third kappa shape index (κ3) is 2.54. The van der Waals surface area contributed by atoms with Gasteiger partial charge in [-0.2, -0.15) is 0 Å². The third-order valence-electron chi connectivity index (χ3n) is 3.93. The van der Waals surface area contributed by atoms with Gasteiger partial charge in [0, 0.05) is 30.7 Å². The summed E-state index contributed by atoms with van der Waals surface area (Å²) >= 11 is 0. The zero-order valence-corrected chi connectivity index (χ0v) is 13.1. The Kier molecular flexibility index (Phi) is 3.58. The van der Waals surface area contributed by atoms with Crippen LogP contribution in [0, 0.1) is 0 Å². The number of carbonyl (C=O) groups excluding carboxylic acids is 4. The molecule has 0 aliphatic carbocycles. The topological polar surface area (TPSA) is 108 Å². The van der Waals surface area contributed by atoms with Gasteiger partial charge in [0.25, 0.3) is 0 Å². The highest BCUT2D eigenvalue weighted by Gasteiger charge is 2.58. The van der Waals surface area contributed by atoms with Gasteiger partial charge in [-0.1, -0.05) is 18.2 Å². The maximum atomic E-state index is 12.1. The Morgan fingerprint density at radius 2 is 1.46 bits per heavy atom. The summed E-state index contributed by atoms with van der Waals surface area (Å²) in [6.07, 6.45) is 2.49. The molecule has 26 heavy (non-hydrogen) atoms. The van der Waals surface area contributed by atoms with E-state index in [1.807, 2.05) is 0 Å². The molecule has 0 aromatic heterocycles. The normalized spacial score (nSPS) is 25.5. The number of hydrogen-bond donors (Lipinski definition) is 0. The number of ether oxygens (including phenoxy) is 3. The van der Waals surface area contributed by atoms with Gasteiger partial charge in [0.15, 0.2) is 6.23 Å². The second kappa shape index (κ2) is 5.81. The molecular formula is C17H11NO8. The first-order chi connectivity index (χ1) is 12.5. The van der Waals surface area contributed by atoms with Crippen molar-refractivity contribution < 1.29 is 38.2 Å². The highest BCUT2D eigenvalue weighted by molar-refractivity contribution is 5.94. The molecule has 4 rings (SSSR count). The van der Waals surface area contributed by atoms with Gasteiger partial charge in [0.2, 0.25) is 0 Å². The van der Waals surface area contributed by atoms with Gasteiger partial charge in [-0.15, -0.1) is 0 Å². The van der Waals surface area contributed by atoms with Crippen LogP contribution in [0.4, 0.5) is 0 Å². The van der Waals surface area contributed by atoms with Gasteiger partial charge in [-0.05, 0) is 16.7 Å². The number of carbonyl (C=O) groups is 4. The summed E-state index contributed by atoms with van der Waals surface area (Å²) in [4.78, 5) is 53.1. The Hall–Kier alpha value is -3.46. The van der Waals surface area contributed by atoms with E-state index in [0.717, 1.165) is 29.4 Å². The number of rotatable bonds is 0. The lowest BCUT2D eigenvalue weighted by molar-refractivity contribution is -0.410. The number of benzene rings is 1. The van der Waals surface area contributed by atoms with Crippen LogP contribution in [0.15, 0.2) is 48.6 Å². The number of hydroxylamine groups is 2. The average molecular weight is 357 g/mol. The fourth-order valence-electron chi connectivity index (χ4n) is 2.93. The van der Waals surface area contributed by atoms with E-state index < -0.39 is 36.0 Å². The molecule has 1 atom stereocenters. The Balaban J connectivity index is 1.91. The van der Waals surface area contributed by atoms with Crippen molar-refractivity contribution >= 4 is 23.9 Å². The molecule has 3 heterocycles. The van der Waals surface area contributed by atoms with E-state index >= 15 is 0 Å². The van der Waals surface area contributed by atoms with Crippen molar-refractivity contribution in [2.24, 2.45) is 0 Å². The van der Waals surface area contributed by atoms with Gasteiger partial charge >= 0.3 is 29.8 Å². The summed E-state index contributed by atoms with van der Waals surface area (Å²) in [6.45, 7) is 0. The standard InChI is InChI=1S/C17H11NO8/c19-13-5-8-16(22)26-18-12(23-13)9-10-3-1-2-4-11(10)17(18)24-14(20)6-7-15(21)25-17/h1-8,12H,9H2/b8-5-. The van der Waals surface area contributed by atoms with Crippen LogP contribution in [0.25, 0.3) is 0 Å². The van der Waals surface area contributed by atoms with Crippen LogP contribution in [0.3, 0.4) is 0 Å². The second-order valence-corrected chi connectivity index (χ2v) is 5.58. The summed E-state index contributed by atoms with van der Waals surface area (Å²) in [6, 6.07) is 6.61. The van der Waals surface area contributed by atoms with Crippen LogP contribution in [-0.2, 0) is 50.6 Å². The van der Waals surface area contributed by atoms with Gasteiger partial charge in [-0.25, -0.2) is 19.2 Å². The van der Waals surface area contributed by atoms with E-state index in [2.05, 4.69) is 0 Å². The second-order valence-electron chi connectivity index (χ2n) is 5.58. The Bertz CT molecular complexity index is 867. The van der Waals surface area contributed by atoms with E-state index in [1.54, 1.807) is 24.3 Å². The molecule has 1 spiro atoms. The molecule has 3 aliphatic heterocycles. The van der Waals surface area contributed by atoms with Crippen LogP contribution < -0.4 is 0 Å². The summed E-state index contributed by atoms with van der Waals surface area (Å²) in [5.74, 6) is -5.74. The lowest BCUT2D eigenvalue weighted by atomic mass is 9.96. The van der Waals surface area contributed by atoms with Gasteiger partial charge in [0.05, 0.1) is 5.56 Å². The molecule has 3 aliphatic rings. The fraction of sp³-hybridized carbons (Fsp3) is 0.176. The smallest absolute Gasteiger partial charge is 0.384 e. The number of nitrogens with zero attached hydrogens (tertiary/aromatic N) is 1. The summed E-state index contributed by atoms with van der Waals surface area (Å²) in [5, 5.41) is 0.780. The number of fused-ring (bicyclic) bond motifs is 4. The van der Waals surface area contributed by atoms with Gasteiger partial charge in [-0.3, -0.25) is 0 Å². The quantitative estimate of drug-likeness (QED) is 0.602. The maximum absolute atomic E-state index is 12.1. The minimum atomic E-state index is -2.22. The lowest BCUT2D eigenvalue weighted by Gasteiger charge is -2.45. The monoisotopic (exact) mass is 357 g/mol. The average Bonchev–Trinajstić information content (AvgIpc) is 2.75. The van der Waals surface area contributed by atoms with Crippen molar-refractivity contribution in [3.05, 3.63) is 59.7 Å². The van der Waals surface area contributed by atoms with Gasteiger partial charge < -0.3 is 19.0 Å². The van der Waals surface area contributed by atoms with Crippen LogP contribution >= 0.6 is 0 Å². The van der Waals surface area contributed by atoms with Crippen LogP contribution in [0.2, 0.25) is 0 Å². The molecular weight excluding hydrogens is 346 g/mol. The Labute approximate surface area is 146 Å². The van der Waals surface area contributed by atoms with Crippen molar-refractivity contribution in [1.82, 2.24) is 5.06 Å². The zero-order valence-electron chi connectivity index (χ0n) is 13.1. The molecule has 0 amide bonds.